The first-order valence-electron chi connectivity index (χ1n) is 16.2. The number of carbonyl (C=O) groups excluding carboxylic acids is 4. The maximum Gasteiger partial charge on any atom is 0.408 e. The number of primary amides is 1. The summed E-state index contributed by atoms with van der Waals surface area (Å²) in [4.78, 5) is 51.6. The Morgan fingerprint density at radius 2 is 1.22 bits per heavy atom. The second kappa shape index (κ2) is 16.6. The molecule has 49 heavy (non-hydrogen) atoms. The molecule has 0 radical (unpaired) electrons. The third-order valence-electron chi connectivity index (χ3n) is 7.92. The highest BCUT2D eigenvalue weighted by atomic mass is 16.6. The quantitative estimate of drug-likeness (QED) is 0.124. The summed E-state index contributed by atoms with van der Waals surface area (Å²) >= 11 is 0. The van der Waals surface area contributed by atoms with Crippen molar-refractivity contribution < 1.29 is 29.0 Å². The molecular weight excluding hydrogens is 620 g/mol. The molecule has 0 aliphatic rings. The van der Waals surface area contributed by atoms with E-state index in [0.717, 1.165) is 16.7 Å². The fourth-order valence-corrected chi connectivity index (χ4v) is 5.57. The number of benzene rings is 4. The van der Waals surface area contributed by atoms with Crippen LogP contribution in [0, 0.1) is 0 Å². The predicted octanol–water partition coefficient (Wildman–Crippen LogP) is 4.59. The number of amides is 4. The Morgan fingerprint density at radius 3 is 1.65 bits per heavy atom. The maximum absolute atomic E-state index is 13.8. The topological polar surface area (TPSA) is 160 Å². The Bertz CT molecular complexity index is 1590. The van der Waals surface area contributed by atoms with Crippen molar-refractivity contribution in [1.82, 2.24) is 16.0 Å². The second-order valence-corrected chi connectivity index (χ2v) is 12.8. The molecule has 2 atom stereocenters. The number of carbonyl (C=O) groups is 4. The molecule has 0 fully saturated rings. The Hall–Kier alpha value is -5.48. The van der Waals surface area contributed by atoms with Gasteiger partial charge in [-0.3, -0.25) is 14.4 Å². The van der Waals surface area contributed by atoms with E-state index in [0.29, 0.717) is 11.1 Å². The molecule has 0 bridgehead atoms. The van der Waals surface area contributed by atoms with E-state index in [9.17, 15) is 24.3 Å². The highest BCUT2D eigenvalue weighted by Crippen LogP contribution is 2.37. The van der Waals surface area contributed by atoms with Crippen LogP contribution in [0.5, 0.6) is 0 Å². The number of ether oxygens (including phenoxy) is 1. The fourth-order valence-electron chi connectivity index (χ4n) is 5.57. The van der Waals surface area contributed by atoms with Crippen molar-refractivity contribution in [3.05, 3.63) is 143 Å². The monoisotopic (exact) mass is 664 g/mol. The van der Waals surface area contributed by atoms with Crippen molar-refractivity contribution in [2.24, 2.45) is 5.73 Å². The van der Waals surface area contributed by atoms with Crippen LogP contribution in [-0.2, 0) is 26.3 Å². The van der Waals surface area contributed by atoms with Gasteiger partial charge in [-0.2, -0.15) is 0 Å². The van der Waals surface area contributed by atoms with Crippen LogP contribution < -0.4 is 21.7 Å². The van der Waals surface area contributed by atoms with Gasteiger partial charge in [0.25, 0.3) is 0 Å². The number of nitrogens with two attached hydrogens (primary N) is 1. The summed E-state index contributed by atoms with van der Waals surface area (Å²) in [5, 5.41) is 18.9. The summed E-state index contributed by atoms with van der Waals surface area (Å²) in [6.07, 6.45) is -0.621. The fraction of sp³-hybridized carbons (Fsp3) is 0.282. The predicted molar refractivity (Wildman–Crippen MR) is 187 cm³/mol. The van der Waals surface area contributed by atoms with Gasteiger partial charge in [0.05, 0.1) is 12.6 Å². The first-order chi connectivity index (χ1) is 23.4. The van der Waals surface area contributed by atoms with E-state index in [2.05, 4.69) is 16.0 Å². The van der Waals surface area contributed by atoms with Crippen LogP contribution in [0.2, 0.25) is 0 Å². The number of hydrogen-bond acceptors (Lipinski definition) is 6. The SMILES string of the molecule is CC(C)(C)OC(=O)N[C@@H](Cc1ccc(C(N)=O)cc1)C(=O)N[C@H](CO)CCC(=O)NC(c1ccccc1)(c1ccccc1)c1ccccc1. The van der Waals surface area contributed by atoms with Gasteiger partial charge in [0, 0.05) is 18.4 Å². The largest absolute Gasteiger partial charge is 0.444 e. The molecule has 0 saturated heterocycles. The van der Waals surface area contributed by atoms with E-state index in [1.54, 1.807) is 32.9 Å². The van der Waals surface area contributed by atoms with Gasteiger partial charge in [0.15, 0.2) is 0 Å². The molecule has 0 aliphatic carbocycles. The Kier molecular flexibility index (Phi) is 12.3. The molecule has 0 aliphatic heterocycles. The zero-order valence-electron chi connectivity index (χ0n) is 28.0. The van der Waals surface area contributed by atoms with E-state index < -0.39 is 47.7 Å². The van der Waals surface area contributed by atoms with Crippen molar-refractivity contribution in [3.63, 3.8) is 0 Å². The van der Waals surface area contributed by atoms with Crippen molar-refractivity contribution in [1.29, 1.82) is 0 Å². The first kappa shape index (κ1) is 36.4. The van der Waals surface area contributed by atoms with E-state index >= 15 is 0 Å². The van der Waals surface area contributed by atoms with Crippen molar-refractivity contribution >= 4 is 23.8 Å². The minimum Gasteiger partial charge on any atom is -0.444 e. The Morgan fingerprint density at radius 1 is 0.735 bits per heavy atom. The Balaban J connectivity index is 1.52. The number of nitrogens with one attached hydrogen (secondary N) is 3. The van der Waals surface area contributed by atoms with E-state index in [1.807, 2.05) is 91.0 Å². The van der Waals surface area contributed by atoms with E-state index in [4.69, 9.17) is 10.5 Å². The average Bonchev–Trinajstić information content (AvgIpc) is 3.09. The summed E-state index contributed by atoms with van der Waals surface area (Å²) in [5.41, 5.74) is 7.10. The molecule has 10 heteroatoms. The van der Waals surface area contributed by atoms with Crippen molar-refractivity contribution in [3.8, 4) is 0 Å². The third kappa shape index (κ3) is 10.0. The molecule has 4 aromatic rings. The van der Waals surface area contributed by atoms with Gasteiger partial charge in [-0.1, -0.05) is 103 Å². The average molecular weight is 665 g/mol. The van der Waals surface area contributed by atoms with Crippen LogP contribution in [0.3, 0.4) is 0 Å². The smallest absolute Gasteiger partial charge is 0.408 e. The summed E-state index contributed by atoms with van der Waals surface area (Å²) in [6.45, 7) is 4.68. The van der Waals surface area contributed by atoms with Gasteiger partial charge in [-0.15, -0.1) is 0 Å². The number of rotatable bonds is 14. The summed E-state index contributed by atoms with van der Waals surface area (Å²) in [5.74, 6) is -1.45. The maximum atomic E-state index is 13.8. The molecule has 256 valence electrons. The molecule has 6 N–H and O–H groups in total. The molecule has 4 rings (SSSR count). The van der Waals surface area contributed by atoms with Crippen LogP contribution in [0.4, 0.5) is 4.79 Å². The summed E-state index contributed by atoms with van der Waals surface area (Å²) < 4.78 is 5.38. The Labute approximate surface area is 287 Å². The minimum atomic E-state index is -1.08. The lowest BCUT2D eigenvalue weighted by molar-refractivity contribution is -0.125. The van der Waals surface area contributed by atoms with E-state index in [-0.39, 0.29) is 25.2 Å². The lowest BCUT2D eigenvalue weighted by Crippen LogP contribution is -2.52. The highest BCUT2D eigenvalue weighted by molar-refractivity contribution is 5.92. The number of aliphatic hydroxyl groups excluding tert-OH is 1. The normalized spacial score (nSPS) is 12.7. The zero-order valence-corrected chi connectivity index (χ0v) is 28.0. The van der Waals surface area contributed by atoms with Gasteiger partial charge < -0.3 is 31.5 Å². The van der Waals surface area contributed by atoms with Gasteiger partial charge in [0.2, 0.25) is 17.7 Å². The molecule has 4 amide bonds. The van der Waals surface area contributed by atoms with Crippen LogP contribution in [0.25, 0.3) is 0 Å². The lowest BCUT2D eigenvalue weighted by atomic mass is 9.77. The van der Waals surface area contributed by atoms with Crippen LogP contribution in [-0.4, -0.2) is 53.2 Å². The van der Waals surface area contributed by atoms with Crippen molar-refractivity contribution in [2.45, 2.75) is 63.3 Å². The van der Waals surface area contributed by atoms with Crippen LogP contribution in [0.1, 0.15) is 66.2 Å². The first-order valence-corrected chi connectivity index (χ1v) is 16.2. The third-order valence-corrected chi connectivity index (χ3v) is 7.92. The van der Waals surface area contributed by atoms with Gasteiger partial charge in [-0.25, -0.2) is 4.79 Å². The highest BCUT2D eigenvalue weighted by Gasteiger charge is 2.38. The standard InChI is InChI=1S/C39H44N4O6/c1-38(2,3)49-37(48)42-33(25-27-19-21-28(22-20-27)35(40)46)36(47)41-32(26-44)23-24-34(45)43-39(29-13-7-4-8-14-29,30-15-9-5-10-16-30)31-17-11-6-12-18-31/h4-22,32-33,44H,23-26H2,1-3H3,(H2,40,46)(H,41,47)(H,42,48)(H,43,45)/t32-,33-/m0/s1. The summed E-state index contributed by atoms with van der Waals surface area (Å²) in [6, 6.07) is 33.6. The molecule has 4 aromatic carbocycles. The number of aliphatic hydroxyl groups is 1. The van der Waals surface area contributed by atoms with Gasteiger partial charge >= 0.3 is 6.09 Å². The minimum absolute atomic E-state index is 0.0154. The van der Waals surface area contributed by atoms with Gasteiger partial charge in [-0.05, 0) is 61.6 Å². The van der Waals surface area contributed by atoms with Gasteiger partial charge in [0.1, 0.15) is 17.2 Å². The molecule has 0 heterocycles. The second-order valence-electron chi connectivity index (χ2n) is 12.8. The molecule has 10 nitrogen and oxygen atoms in total. The number of alkyl carbamates (subject to hydrolysis) is 1. The molecule has 0 saturated carbocycles. The number of hydrogen-bond donors (Lipinski definition) is 5. The molecule has 0 spiro atoms. The molecule has 0 aromatic heterocycles. The van der Waals surface area contributed by atoms with Crippen LogP contribution in [0.15, 0.2) is 115 Å². The molecular formula is C39H44N4O6. The van der Waals surface area contributed by atoms with Crippen LogP contribution >= 0.6 is 0 Å². The lowest BCUT2D eigenvalue weighted by Gasteiger charge is -2.37. The van der Waals surface area contributed by atoms with E-state index in [1.165, 1.54) is 12.1 Å². The zero-order chi connectivity index (χ0) is 35.4. The van der Waals surface area contributed by atoms with Crippen molar-refractivity contribution in [2.75, 3.05) is 6.61 Å². The summed E-state index contributed by atoms with van der Waals surface area (Å²) in [7, 11) is 0. The molecule has 0 unspecified atom stereocenters.